The van der Waals surface area contributed by atoms with Gasteiger partial charge in [-0.3, -0.25) is 4.90 Å². The lowest BCUT2D eigenvalue weighted by molar-refractivity contribution is 0.280. The van der Waals surface area contributed by atoms with Gasteiger partial charge in [0.1, 0.15) is 12.1 Å². The van der Waals surface area contributed by atoms with Gasteiger partial charge in [0.25, 0.3) is 0 Å². The van der Waals surface area contributed by atoms with Crippen molar-refractivity contribution in [1.82, 2.24) is 14.9 Å². The Bertz CT molecular complexity index is 1100. The standard InChI is InChI=1S/C23H29N5O2S/c1-3-12-28(4-2)15-19-6-5-7-20(13-19)22-14-23(26-17-25-22)27-21-10-8-18(9-11-21)16-31(24,29)30/h5-11,13-14,17H,3-4,12,15-16H2,1-2H3,(H2,24,29,30)(H,25,26,27). The molecule has 3 N–H and O–H groups in total. The van der Waals surface area contributed by atoms with E-state index in [9.17, 15) is 8.42 Å². The van der Waals surface area contributed by atoms with E-state index in [-0.39, 0.29) is 5.75 Å². The van der Waals surface area contributed by atoms with Crippen LogP contribution in [0.3, 0.4) is 0 Å². The predicted octanol–water partition coefficient (Wildman–Crippen LogP) is 3.91. The van der Waals surface area contributed by atoms with Gasteiger partial charge in [-0.15, -0.1) is 0 Å². The van der Waals surface area contributed by atoms with Gasteiger partial charge in [-0.2, -0.15) is 0 Å². The van der Waals surface area contributed by atoms with Crippen molar-refractivity contribution in [3.8, 4) is 11.3 Å². The van der Waals surface area contributed by atoms with Gasteiger partial charge in [-0.1, -0.05) is 44.2 Å². The molecular formula is C23H29N5O2S. The number of benzene rings is 2. The van der Waals surface area contributed by atoms with E-state index in [1.807, 2.05) is 12.1 Å². The van der Waals surface area contributed by atoms with E-state index in [2.05, 4.69) is 52.2 Å². The van der Waals surface area contributed by atoms with Crippen LogP contribution in [0.1, 0.15) is 31.4 Å². The van der Waals surface area contributed by atoms with Gasteiger partial charge >= 0.3 is 0 Å². The van der Waals surface area contributed by atoms with Crippen LogP contribution in [-0.2, 0) is 22.3 Å². The Balaban J connectivity index is 1.74. The highest BCUT2D eigenvalue weighted by molar-refractivity contribution is 7.88. The summed E-state index contributed by atoms with van der Waals surface area (Å²) in [5.41, 5.74) is 4.57. The molecular weight excluding hydrogens is 410 g/mol. The zero-order valence-corrected chi connectivity index (χ0v) is 18.8. The number of anilines is 2. The molecule has 0 spiro atoms. The maximum Gasteiger partial charge on any atom is 0.213 e. The number of sulfonamides is 1. The van der Waals surface area contributed by atoms with Gasteiger partial charge in [-0.25, -0.2) is 23.5 Å². The van der Waals surface area contributed by atoms with E-state index in [0.717, 1.165) is 43.0 Å². The topological polar surface area (TPSA) is 101 Å². The fourth-order valence-corrected chi connectivity index (χ4v) is 4.06. The first-order valence-corrected chi connectivity index (χ1v) is 12.1. The molecule has 0 radical (unpaired) electrons. The van der Waals surface area contributed by atoms with Gasteiger partial charge in [0.15, 0.2) is 0 Å². The normalized spacial score (nSPS) is 11.6. The molecule has 0 aliphatic rings. The average molecular weight is 440 g/mol. The van der Waals surface area contributed by atoms with Gasteiger partial charge < -0.3 is 5.32 Å². The largest absolute Gasteiger partial charge is 0.340 e. The Hall–Kier alpha value is -2.81. The fraction of sp³-hybridized carbons (Fsp3) is 0.304. The number of nitrogens with one attached hydrogen (secondary N) is 1. The van der Waals surface area contributed by atoms with Crippen LogP contribution in [0.4, 0.5) is 11.5 Å². The molecule has 0 bridgehead atoms. The van der Waals surface area contributed by atoms with Crippen molar-refractivity contribution < 1.29 is 8.42 Å². The number of hydrogen-bond acceptors (Lipinski definition) is 6. The van der Waals surface area contributed by atoms with Crippen LogP contribution < -0.4 is 10.5 Å². The Kier molecular flexibility index (Phi) is 7.73. The van der Waals surface area contributed by atoms with Crippen LogP contribution in [0.5, 0.6) is 0 Å². The first kappa shape index (κ1) is 22.9. The van der Waals surface area contributed by atoms with Crippen molar-refractivity contribution in [3.63, 3.8) is 0 Å². The monoisotopic (exact) mass is 439 g/mol. The van der Waals surface area contributed by atoms with Gasteiger partial charge in [-0.05, 0) is 48.8 Å². The second kappa shape index (κ2) is 10.5. The summed E-state index contributed by atoms with van der Waals surface area (Å²) in [6.07, 6.45) is 2.67. The molecule has 0 aliphatic carbocycles. The van der Waals surface area contributed by atoms with Crippen LogP contribution in [0.15, 0.2) is 60.9 Å². The number of rotatable bonds is 10. The smallest absolute Gasteiger partial charge is 0.213 e. The molecule has 2 aromatic carbocycles. The number of aromatic nitrogens is 2. The zero-order valence-electron chi connectivity index (χ0n) is 18.0. The van der Waals surface area contributed by atoms with Crippen LogP contribution in [-0.4, -0.2) is 36.4 Å². The van der Waals surface area contributed by atoms with Crippen molar-refractivity contribution in [2.24, 2.45) is 5.14 Å². The molecule has 1 aromatic heterocycles. The minimum atomic E-state index is -3.55. The van der Waals surface area contributed by atoms with Crippen LogP contribution >= 0.6 is 0 Å². The van der Waals surface area contributed by atoms with E-state index in [0.29, 0.717) is 11.4 Å². The summed E-state index contributed by atoms with van der Waals surface area (Å²) >= 11 is 0. The first-order valence-electron chi connectivity index (χ1n) is 10.4. The molecule has 31 heavy (non-hydrogen) atoms. The van der Waals surface area contributed by atoms with Gasteiger partial charge in [0, 0.05) is 23.9 Å². The summed E-state index contributed by atoms with van der Waals surface area (Å²) in [6, 6.07) is 17.4. The highest BCUT2D eigenvalue weighted by atomic mass is 32.2. The minimum Gasteiger partial charge on any atom is -0.340 e. The maximum absolute atomic E-state index is 11.2. The Labute approximate surface area is 184 Å². The lowest BCUT2D eigenvalue weighted by atomic mass is 10.1. The molecule has 164 valence electrons. The molecule has 3 aromatic rings. The third-order valence-electron chi connectivity index (χ3n) is 4.88. The third-order valence-corrected chi connectivity index (χ3v) is 5.61. The number of nitrogens with zero attached hydrogens (tertiary/aromatic N) is 3. The average Bonchev–Trinajstić information content (AvgIpc) is 2.74. The van der Waals surface area contributed by atoms with Crippen LogP contribution in [0, 0.1) is 0 Å². The van der Waals surface area contributed by atoms with Gasteiger partial charge in [0.2, 0.25) is 10.0 Å². The van der Waals surface area contributed by atoms with Crippen LogP contribution in [0.2, 0.25) is 0 Å². The van der Waals surface area contributed by atoms with Crippen molar-refractivity contribution in [1.29, 1.82) is 0 Å². The predicted molar refractivity (Wildman–Crippen MR) is 125 cm³/mol. The van der Waals surface area contributed by atoms with Crippen molar-refractivity contribution >= 4 is 21.5 Å². The Morgan fingerprint density at radius 3 is 2.45 bits per heavy atom. The molecule has 0 saturated carbocycles. The van der Waals surface area contributed by atoms with Crippen LogP contribution in [0.25, 0.3) is 11.3 Å². The second-order valence-corrected chi connectivity index (χ2v) is 9.10. The number of nitrogens with two attached hydrogens (primary N) is 1. The summed E-state index contributed by atoms with van der Waals surface area (Å²) < 4.78 is 22.4. The van der Waals surface area contributed by atoms with E-state index >= 15 is 0 Å². The molecule has 0 saturated heterocycles. The lowest BCUT2D eigenvalue weighted by Crippen LogP contribution is -2.23. The summed E-state index contributed by atoms with van der Waals surface area (Å²) in [5.74, 6) is 0.477. The second-order valence-electron chi connectivity index (χ2n) is 7.49. The summed E-state index contributed by atoms with van der Waals surface area (Å²) in [5, 5.41) is 8.33. The van der Waals surface area contributed by atoms with Crippen molar-refractivity contribution in [3.05, 3.63) is 72.1 Å². The molecule has 8 heteroatoms. The minimum absolute atomic E-state index is 0.186. The summed E-state index contributed by atoms with van der Waals surface area (Å²) in [6.45, 7) is 7.40. The SMILES string of the molecule is CCCN(CC)Cc1cccc(-c2cc(Nc3ccc(CS(N)(=O)=O)cc3)ncn2)c1. The lowest BCUT2D eigenvalue weighted by Gasteiger charge is -2.19. The molecule has 0 fully saturated rings. The number of primary sulfonamides is 1. The molecule has 1 heterocycles. The van der Waals surface area contributed by atoms with E-state index in [4.69, 9.17) is 5.14 Å². The Morgan fingerprint density at radius 1 is 1.00 bits per heavy atom. The first-order chi connectivity index (χ1) is 14.9. The van der Waals surface area contributed by atoms with Crippen molar-refractivity contribution in [2.45, 2.75) is 32.6 Å². The van der Waals surface area contributed by atoms with Crippen molar-refractivity contribution in [2.75, 3.05) is 18.4 Å². The molecule has 7 nitrogen and oxygen atoms in total. The molecule has 0 atom stereocenters. The maximum atomic E-state index is 11.2. The summed E-state index contributed by atoms with van der Waals surface area (Å²) in [4.78, 5) is 11.2. The molecule has 0 amide bonds. The van der Waals surface area contributed by atoms with E-state index in [1.54, 1.807) is 24.3 Å². The number of hydrogen-bond donors (Lipinski definition) is 2. The molecule has 3 rings (SSSR count). The molecule has 0 unspecified atom stereocenters. The Morgan fingerprint density at radius 2 is 1.77 bits per heavy atom. The van der Waals surface area contributed by atoms with E-state index < -0.39 is 10.0 Å². The fourth-order valence-electron chi connectivity index (χ4n) is 3.40. The zero-order chi connectivity index (χ0) is 22.3. The summed E-state index contributed by atoms with van der Waals surface area (Å²) in [7, 11) is -3.55. The quantitative estimate of drug-likeness (QED) is 0.497. The highest BCUT2D eigenvalue weighted by Crippen LogP contribution is 2.23. The highest BCUT2D eigenvalue weighted by Gasteiger charge is 2.08. The van der Waals surface area contributed by atoms with Gasteiger partial charge in [0.05, 0.1) is 11.4 Å². The van der Waals surface area contributed by atoms with E-state index in [1.165, 1.54) is 11.9 Å². The molecule has 0 aliphatic heterocycles. The third kappa shape index (κ3) is 7.13.